The highest BCUT2D eigenvalue weighted by Gasteiger charge is 2.23. The van der Waals surface area contributed by atoms with E-state index in [2.05, 4.69) is 53.1 Å². The number of rotatable bonds is 1. The Balaban J connectivity index is 0.000001000. The van der Waals surface area contributed by atoms with Crippen LogP contribution in [0.4, 0.5) is 0 Å². The molecule has 0 bridgehead atoms. The third kappa shape index (κ3) is 3.68. The van der Waals surface area contributed by atoms with Gasteiger partial charge in [-0.1, -0.05) is 18.2 Å². The van der Waals surface area contributed by atoms with E-state index in [0.717, 1.165) is 0 Å². The summed E-state index contributed by atoms with van der Waals surface area (Å²) >= 11 is 3.70. The lowest BCUT2D eigenvalue weighted by Crippen LogP contribution is -3.00. The smallest absolute Gasteiger partial charge is 0.144 e. The first-order valence-electron chi connectivity index (χ1n) is 3.20. The van der Waals surface area contributed by atoms with Crippen molar-refractivity contribution in [3.63, 3.8) is 0 Å². The summed E-state index contributed by atoms with van der Waals surface area (Å²) in [6, 6.07) is 10.5. The second-order valence-corrected chi connectivity index (χ2v) is 11.1. The van der Waals surface area contributed by atoms with Gasteiger partial charge < -0.3 is 17.0 Å². The van der Waals surface area contributed by atoms with Gasteiger partial charge in [-0.3, -0.25) is 0 Å². The summed E-state index contributed by atoms with van der Waals surface area (Å²) in [4.78, 5) is 0. The maximum atomic E-state index is 3.70. The van der Waals surface area contributed by atoms with E-state index in [9.17, 15) is 0 Å². The first kappa shape index (κ1) is 11.6. The summed E-state index contributed by atoms with van der Waals surface area (Å²) < 4.78 is 0. The van der Waals surface area contributed by atoms with Crippen molar-refractivity contribution in [1.82, 2.24) is 0 Å². The van der Waals surface area contributed by atoms with Gasteiger partial charge in [-0.2, -0.15) is 0 Å². The van der Waals surface area contributed by atoms with Gasteiger partial charge in [0.25, 0.3) is 0 Å². The molecular weight excluding hydrogens is 287 g/mol. The molecule has 0 aliphatic carbocycles. The molecule has 0 saturated heterocycles. The van der Waals surface area contributed by atoms with Crippen molar-refractivity contribution in [2.45, 2.75) is 0 Å². The minimum Gasteiger partial charge on any atom is -1.00 e. The summed E-state index contributed by atoms with van der Waals surface area (Å²) in [7, 11) is 0. The molecule has 1 aromatic rings. The molecule has 1 rings (SSSR count). The summed E-state index contributed by atoms with van der Waals surface area (Å²) in [5.74, 6) is -0.956. The summed E-state index contributed by atoms with van der Waals surface area (Å²) in [5, 5.41) is 1.43. The molecule has 3 heteroatoms. The Morgan fingerprint density at radius 3 is 1.82 bits per heavy atom. The van der Waals surface area contributed by atoms with Crippen molar-refractivity contribution in [1.29, 1.82) is 0 Å². The van der Waals surface area contributed by atoms with Crippen LogP contribution in [-0.4, -0.2) is 13.3 Å². The number of hydrogen-bond acceptors (Lipinski definition) is 0. The third-order valence-corrected chi connectivity index (χ3v) is 4.12. The van der Waals surface area contributed by atoms with Gasteiger partial charge in [0.1, 0.15) is 26.8 Å². The summed E-state index contributed by atoms with van der Waals surface area (Å²) in [6.07, 6.45) is 0. The molecule has 0 heterocycles. The largest absolute Gasteiger partial charge is 1.00 e. The van der Waals surface area contributed by atoms with Crippen LogP contribution in [-0.2, 0) is 0 Å². The van der Waals surface area contributed by atoms with Gasteiger partial charge in [0.2, 0.25) is 0 Å². The molecule has 0 fully saturated rings. The molecule has 62 valence electrons. The van der Waals surface area contributed by atoms with Crippen LogP contribution in [0.3, 0.4) is 0 Å². The molecular formula is C8H11Br2P. The number of hydrogen-bond donors (Lipinski definition) is 0. The third-order valence-electron chi connectivity index (χ3n) is 1.37. The number of benzene rings is 1. The van der Waals surface area contributed by atoms with Crippen molar-refractivity contribution in [2.75, 3.05) is 13.3 Å². The van der Waals surface area contributed by atoms with Crippen LogP contribution in [0.25, 0.3) is 0 Å². The van der Waals surface area contributed by atoms with E-state index in [1.807, 2.05) is 6.07 Å². The van der Waals surface area contributed by atoms with Gasteiger partial charge in [-0.25, -0.2) is 0 Å². The van der Waals surface area contributed by atoms with E-state index in [4.69, 9.17) is 0 Å². The molecule has 0 aliphatic rings. The van der Waals surface area contributed by atoms with Crippen LogP contribution in [0.5, 0.6) is 0 Å². The fourth-order valence-electron chi connectivity index (χ4n) is 0.782. The molecule has 0 N–H and O–H groups in total. The highest BCUT2D eigenvalue weighted by atomic mass is 79.9. The lowest BCUT2D eigenvalue weighted by molar-refractivity contribution is -0.00000202. The summed E-state index contributed by atoms with van der Waals surface area (Å²) in [6.45, 7) is 4.50. The molecule has 11 heavy (non-hydrogen) atoms. The Hall–Kier alpha value is 0.610. The van der Waals surface area contributed by atoms with Crippen molar-refractivity contribution < 1.29 is 17.0 Å². The van der Waals surface area contributed by atoms with Crippen molar-refractivity contribution in [3.05, 3.63) is 30.3 Å². The molecule has 0 atom stereocenters. The van der Waals surface area contributed by atoms with Gasteiger partial charge in [0.15, 0.2) is 0 Å². The predicted molar refractivity (Wildman–Crippen MR) is 53.8 cm³/mol. The predicted octanol–water partition coefficient (Wildman–Crippen LogP) is -0.0970. The van der Waals surface area contributed by atoms with Crippen LogP contribution in [0, 0.1) is 0 Å². The molecule has 0 amide bonds. The van der Waals surface area contributed by atoms with Gasteiger partial charge in [-0.15, -0.1) is 0 Å². The molecule has 0 radical (unpaired) electrons. The standard InChI is InChI=1S/C8H11BrP.BrH/c1-10(2,9)8-6-4-3-5-7-8;/h3-7H,1-2H3;1H/q+1;/p-1. The zero-order valence-corrected chi connectivity index (χ0v) is 10.7. The van der Waals surface area contributed by atoms with Gasteiger partial charge in [0.05, 0.1) is 13.3 Å². The van der Waals surface area contributed by atoms with Crippen molar-refractivity contribution >= 4 is 26.8 Å². The average Bonchev–Trinajstić information content (AvgIpc) is 1.88. The molecule has 0 saturated carbocycles. The Morgan fingerprint density at radius 2 is 1.55 bits per heavy atom. The fourth-order valence-corrected chi connectivity index (χ4v) is 2.37. The Bertz CT molecular complexity index is 203. The second-order valence-electron chi connectivity index (χ2n) is 2.65. The monoisotopic (exact) mass is 296 g/mol. The average molecular weight is 298 g/mol. The quantitative estimate of drug-likeness (QED) is 0.635. The van der Waals surface area contributed by atoms with Gasteiger partial charge >= 0.3 is 0 Å². The van der Waals surface area contributed by atoms with E-state index in [-0.39, 0.29) is 17.0 Å². The number of halogens is 2. The maximum Gasteiger partial charge on any atom is 0.144 e. The maximum absolute atomic E-state index is 3.70. The normalized spacial score (nSPS) is 10.5. The van der Waals surface area contributed by atoms with Crippen LogP contribution in [0.15, 0.2) is 30.3 Å². The first-order valence-corrected chi connectivity index (χ1v) is 7.90. The summed E-state index contributed by atoms with van der Waals surface area (Å²) in [5.41, 5.74) is 0. The van der Waals surface area contributed by atoms with Crippen molar-refractivity contribution in [2.24, 2.45) is 0 Å². The highest BCUT2D eigenvalue weighted by Crippen LogP contribution is 2.57. The molecule has 1 aromatic carbocycles. The van der Waals surface area contributed by atoms with Crippen LogP contribution < -0.4 is 22.3 Å². The lowest BCUT2D eigenvalue weighted by atomic mass is 10.4. The minimum atomic E-state index is -0.956. The van der Waals surface area contributed by atoms with Crippen LogP contribution in [0.2, 0.25) is 0 Å². The topological polar surface area (TPSA) is 0 Å². The Kier molecular flexibility index (Phi) is 4.85. The van der Waals surface area contributed by atoms with E-state index in [1.54, 1.807) is 0 Å². The zero-order chi connectivity index (χ0) is 7.61. The Labute approximate surface area is 87.2 Å². The Morgan fingerprint density at radius 1 is 1.09 bits per heavy atom. The van der Waals surface area contributed by atoms with Crippen molar-refractivity contribution in [3.8, 4) is 0 Å². The first-order chi connectivity index (χ1) is 4.61. The van der Waals surface area contributed by atoms with E-state index < -0.39 is 5.96 Å². The SMILES string of the molecule is C[P+](C)(Br)c1ccccc1.[Br-]. The lowest BCUT2D eigenvalue weighted by Gasteiger charge is -2.06. The zero-order valence-electron chi connectivity index (χ0n) is 6.59. The minimum absolute atomic E-state index is 0. The second kappa shape index (κ2) is 4.59. The van der Waals surface area contributed by atoms with E-state index in [1.165, 1.54) is 5.30 Å². The highest BCUT2D eigenvalue weighted by molar-refractivity contribution is 9.42. The molecule has 0 aromatic heterocycles. The van der Waals surface area contributed by atoms with Crippen LogP contribution >= 0.6 is 21.5 Å². The van der Waals surface area contributed by atoms with Gasteiger partial charge in [-0.05, 0) is 12.1 Å². The molecule has 0 nitrogen and oxygen atoms in total. The van der Waals surface area contributed by atoms with Crippen LogP contribution in [0.1, 0.15) is 0 Å². The molecule has 0 aliphatic heterocycles. The van der Waals surface area contributed by atoms with E-state index >= 15 is 0 Å². The van der Waals surface area contributed by atoms with Gasteiger partial charge in [0, 0.05) is 0 Å². The van der Waals surface area contributed by atoms with E-state index in [0.29, 0.717) is 0 Å². The molecule has 0 spiro atoms. The fraction of sp³-hybridized carbons (Fsp3) is 0.250. The molecule has 0 unspecified atom stereocenters.